The topological polar surface area (TPSA) is 264 Å². The van der Waals surface area contributed by atoms with Crippen molar-refractivity contribution in [2.24, 2.45) is 22.4 Å². The van der Waals surface area contributed by atoms with Crippen molar-refractivity contribution in [3.8, 4) is 17.0 Å². The van der Waals surface area contributed by atoms with E-state index in [1.54, 1.807) is 17.5 Å². The standard InChI is InChI=1S/C27H40N10O8S2/c1-27(2)23(25(39)37(27)45-47(40,41)42)33-24(38)22(21-16-46-26(30)32-21)35-44-13-12-43-19-6-4-17(5-7-19)20-14-18(15-31-10-9-29)36(34-20)11-3-8-28/h4-7,14,16,23,26,31-32H,3,8-13,15,28-30H2,1-2H3,(H,33,38)(H,40,41,42)/b35-22-. The number of rotatable bonds is 18. The van der Waals surface area contributed by atoms with E-state index in [2.05, 4.69) is 25.4 Å². The van der Waals surface area contributed by atoms with E-state index in [9.17, 15) is 18.0 Å². The minimum Gasteiger partial charge on any atom is -0.490 e. The SMILES string of the molecule is CC1(C)C(NC(=O)/C(=N\OCCOc2ccc(-c3cc(CNCCN)n(CCCN)n3)cc2)C2=CSC(N)N2)C(=O)N1OS(=O)(=O)O. The Labute approximate surface area is 276 Å². The summed E-state index contributed by atoms with van der Waals surface area (Å²) in [7, 11) is -4.95. The van der Waals surface area contributed by atoms with Gasteiger partial charge in [0, 0.05) is 37.2 Å². The zero-order valence-electron chi connectivity index (χ0n) is 25.9. The predicted molar refractivity (Wildman–Crippen MR) is 173 cm³/mol. The van der Waals surface area contributed by atoms with E-state index in [-0.39, 0.29) is 24.6 Å². The van der Waals surface area contributed by atoms with Gasteiger partial charge in [0.2, 0.25) is 0 Å². The number of aromatic nitrogens is 2. The Morgan fingerprint density at radius 1 is 1.21 bits per heavy atom. The number of nitrogens with zero attached hydrogens (tertiary/aromatic N) is 4. The Balaban J connectivity index is 1.33. The van der Waals surface area contributed by atoms with Crippen molar-refractivity contribution >= 4 is 39.7 Å². The van der Waals surface area contributed by atoms with E-state index in [1.165, 1.54) is 25.6 Å². The van der Waals surface area contributed by atoms with Crippen molar-refractivity contribution in [1.29, 1.82) is 0 Å². The number of hydroxylamine groups is 2. The molecule has 258 valence electrons. The average molecular weight is 697 g/mol. The third-order valence-electron chi connectivity index (χ3n) is 7.04. The van der Waals surface area contributed by atoms with Gasteiger partial charge in [0.1, 0.15) is 23.9 Å². The van der Waals surface area contributed by atoms with Crippen molar-refractivity contribution in [3.05, 3.63) is 47.1 Å². The lowest BCUT2D eigenvalue weighted by Gasteiger charge is -2.50. The second-order valence-electron chi connectivity index (χ2n) is 10.9. The minimum atomic E-state index is -4.95. The zero-order chi connectivity index (χ0) is 34.2. The second kappa shape index (κ2) is 15.9. The van der Waals surface area contributed by atoms with E-state index < -0.39 is 39.3 Å². The maximum Gasteiger partial charge on any atom is 0.418 e. The number of nitrogens with one attached hydrogen (secondary N) is 3. The van der Waals surface area contributed by atoms with Crippen LogP contribution in [0.5, 0.6) is 5.75 Å². The van der Waals surface area contributed by atoms with Gasteiger partial charge < -0.3 is 42.7 Å². The number of amides is 2. The molecule has 2 aromatic rings. The molecule has 1 fully saturated rings. The van der Waals surface area contributed by atoms with Gasteiger partial charge in [0.25, 0.3) is 11.8 Å². The number of carbonyl (C=O) groups is 2. The van der Waals surface area contributed by atoms with Crippen molar-refractivity contribution in [2.45, 2.75) is 50.4 Å². The monoisotopic (exact) mass is 696 g/mol. The number of ether oxygens (including phenoxy) is 1. The molecule has 1 aromatic heterocycles. The zero-order valence-corrected chi connectivity index (χ0v) is 27.6. The summed E-state index contributed by atoms with van der Waals surface area (Å²) in [6.07, 6.45) is 0.808. The molecule has 0 radical (unpaired) electrons. The first kappa shape index (κ1) is 36.1. The van der Waals surface area contributed by atoms with Crippen LogP contribution in [0.25, 0.3) is 11.3 Å². The molecule has 0 bridgehead atoms. The molecule has 2 amide bonds. The van der Waals surface area contributed by atoms with Crippen LogP contribution in [0.3, 0.4) is 0 Å². The molecule has 2 unspecified atom stereocenters. The van der Waals surface area contributed by atoms with Crippen LogP contribution in [-0.2, 0) is 42.2 Å². The first-order valence-electron chi connectivity index (χ1n) is 14.6. The molecule has 0 aliphatic carbocycles. The van der Waals surface area contributed by atoms with Gasteiger partial charge in [-0.2, -0.15) is 18.6 Å². The van der Waals surface area contributed by atoms with Gasteiger partial charge in [-0.15, -0.1) is 4.28 Å². The van der Waals surface area contributed by atoms with Crippen LogP contribution < -0.4 is 37.9 Å². The fourth-order valence-electron chi connectivity index (χ4n) is 4.64. The molecule has 1 saturated heterocycles. The fraction of sp³-hybridized carbons (Fsp3) is 0.481. The van der Waals surface area contributed by atoms with Crippen molar-refractivity contribution < 1.29 is 36.4 Å². The van der Waals surface area contributed by atoms with Crippen molar-refractivity contribution in [3.63, 3.8) is 0 Å². The summed E-state index contributed by atoms with van der Waals surface area (Å²) < 4.78 is 43.2. The first-order valence-corrected chi connectivity index (χ1v) is 17.0. The molecule has 1 aromatic carbocycles. The summed E-state index contributed by atoms with van der Waals surface area (Å²) in [5.41, 5.74) is 18.1. The molecule has 20 heteroatoms. The van der Waals surface area contributed by atoms with E-state index in [1.807, 2.05) is 22.9 Å². The molecule has 2 atom stereocenters. The van der Waals surface area contributed by atoms with Gasteiger partial charge in [-0.1, -0.05) is 16.9 Å². The van der Waals surface area contributed by atoms with Gasteiger partial charge in [-0.25, -0.2) is 0 Å². The van der Waals surface area contributed by atoms with E-state index >= 15 is 0 Å². The van der Waals surface area contributed by atoms with Crippen LogP contribution in [0.4, 0.5) is 0 Å². The summed E-state index contributed by atoms with van der Waals surface area (Å²) >= 11 is 1.20. The summed E-state index contributed by atoms with van der Waals surface area (Å²) in [5.74, 6) is -1.10. The minimum absolute atomic E-state index is 0.0282. The van der Waals surface area contributed by atoms with E-state index in [4.69, 9.17) is 36.4 Å². The van der Waals surface area contributed by atoms with Crippen LogP contribution in [-0.4, -0.2) is 95.3 Å². The van der Waals surface area contributed by atoms with Crippen molar-refractivity contribution in [2.75, 3.05) is 32.8 Å². The van der Waals surface area contributed by atoms with E-state index in [0.717, 1.165) is 23.4 Å². The van der Waals surface area contributed by atoms with Gasteiger partial charge >= 0.3 is 10.4 Å². The van der Waals surface area contributed by atoms with Gasteiger partial charge in [0.05, 0.1) is 22.6 Å². The normalized spacial score (nSPS) is 19.2. The fourth-order valence-corrected chi connectivity index (χ4v) is 5.75. The predicted octanol–water partition coefficient (Wildman–Crippen LogP) is -1.04. The highest BCUT2D eigenvalue weighted by atomic mass is 32.3. The number of β-lactam (4-membered cyclic amide) rings is 1. The Morgan fingerprint density at radius 3 is 2.57 bits per heavy atom. The van der Waals surface area contributed by atoms with Gasteiger partial charge in [-0.3, -0.25) is 18.8 Å². The van der Waals surface area contributed by atoms with Crippen LogP contribution in [0, 0.1) is 0 Å². The van der Waals surface area contributed by atoms with Gasteiger partial charge in [-0.05, 0) is 57.1 Å². The summed E-state index contributed by atoms with van der Waals surface area (Å²) in [6, 6.07) is 8.25. The lowest BCUT2D eigenvalue weighted by molar-refractivity contribution is -0.218. The molecule has 2 aliphatic heterocycles. The third kappa shape index (κ3) is 9.41. The van der Waals surface area contributed by atoms with Crippen molar-refractivity contribution in [1.82, 2.24) is 30.8 Å². The highest BCUT2D eigenvalue weighted by molar-refractivity contribution is 8.02. The Kier molecular flexibility index (Phi) is 12.2. The number of benzene rings is 1. The number of aryl methyl sites for hydroxylation is 1. The summed E-state index contributed by atoms with van der Waals surface area (Å²) in [6.45, 7) is 6.11. The van der Waals surface area contributed by atoms with Crippen LogP contribution in [0.1, 0.15) is 26.0 Å². The lowest BCUT2D eigenvalue weighted by atomic mass is 9.84. The Hall–Kier alpha value is -3.76. The number of carbonyl (C=O) groups excluding carboxylic acids is 2. The third-order valence-corrected chi connectivity index (χ3v) is 8.16. The molecule has 10 N–H and O–H groups in total. The highest BCUT2D eigenvalue weighted by Crippen LogP contribution is 2.33. The maximum atomic E-state index is 13.2. The molecule has 47 heavy (non-hydrogen) atoms. The van der Waals surface area contributed by atoms with Crippen LogP contribution in [0.2, 0.25) is 0 Å². The number of oxime groups is 1. The molecular weight excluding hydrogens is 656 g/mol. The summed E-state index contributed by atoms with van der Waals surface area (Å²) in [4.78, 5) is 31.0. The molecule has 4 rings (SSSR count). The Morgan fingerprint density at radius 2 is 1.96 bits per heavy atom. The number of thioether (sulfide) groups is 1. The molecule has 0 saturated carbocycles. The number of hydrogen-bond acceptors (Lipinski definition) is 15. The lowest BCUT2D eigenvalue weighted by Crippen LogP contribution is -2.77. The Bertz CT molecular complexity index is 1580. The molecule has 18 nitrogen and oxygen atoms in total. The van der Waals surface area contributed by atoms with Crippen LogP contribution in [0.15, 0.2) is 46.6 Å². The number of hydrogen-bond donors (Lipinski definition) is 7. The highest BCUT2D eigenvalue weighted by Gasteiger charge is 2.58. The summed E-state index contributed by atoms with van der Waals surface area (Å²) in [5, 5.41) is 19.4. The molecular formula is C27H40N10O8S2. The molecule has 3 heterocycles. The van der Waals surface area contributed by atoms with E-state index in [0.29, 0.717) is 43.5 Å². The van der Waals surface area contributed by atoms with Crippen LogP contribution >= 0.6 is 11.8 Å². The average Bonchev–Trinajstić information content (AvgIpc) is 3.64. The first-order chi connectivity index (χ1) is 22.3. The molecule has 0 spiro atoms. The second-order valence-corrected chi connectivity index (χ2v) is 12.9. The smallest absolute Gasteiger partial charge is 0.418 e. The largest absolute Gasteiger partial charge is 0.490 e. The maximum absolute atomic E-state index is 13.2. The quantitative estimate of drug-likeness (QED) is 0.0323. The number of nitrogens with two attached hydrogens (primary N) is 3. The molecule has 2 aliphatic rings. The van der Waals surface area contributed by atoms with Gasteiger partial charge in [0.15, 0.2) is 12.3 Å².